The third-order valence-electron chi connectivity index (χ3n) is 7.25. The molecule has 3 aromatic carbocycles. The van der Waals surface area contributed by atoms with Crippen LogP contribution in [-0.2, 0) is 13.0 Å². The molecule has 4 aromatic rings. The summed E-state index contributed by atoms with van der Waals surface area (Å²) in [5.41, 5.74) is 11.0. The Kier molecular flexibility index (Phi) is 7.70. The van der Waals surface area contributed by atoms with Gasteiger partial charge in [-0.3, -0.25) is 4.79 Å². The number of hydrogen-bond acceptors (Lipinski definition) is 2. The van der Waals surface area contributed by atoms with E-state index in [1.54, 1.807) is 0 Å². The molecule has 0 saturated carbocycles. The first-order valence-corrected chi connectivity index (χ1v) is 12.7. The number of nitrogens with one attached hydrogen (secondary N) is 1. The Morgan fingerprint density at radius 2 is 1.54 bits per heavy atom. The SMILES string of the molecule is Cc1ccc(C(=O)NCCCCCc2nc3ccccc3n2Cc2c(C)c(C)cc(C)c2C)cc1. The Bertz CT molecular complexity index is 1310. The van der Waals surface area contributed by atoms with Gasteiger partial charge >= 0.3 is 0 Å². The second-order valence-electron chi connectivity index (χ2n) is 9.77. The minimum Gasteiger partial charge on any atom is -0.352 e. The second-order valence-corrected chi connectivity index (χ2v) is 9.77. The summed E-state index contributed by atoms with van der Waals surface area (Å²) in [5, 5.41) is 3.05. The maximum atomic E-state index is 12.3. The average Bonchev–Trinajstić information content (AvgIpc) is 3.20. The van der Waals surface area contributed by atoms with Crippen LogP contribution in [0.25, 0.3) is 11.0 Å². The summed E-state index contributed by atoms with van der Waals surface area (Å²) in [7, 11) is 0. The molecule has 0 unspecified atom stereocenters. The first-order valence-electron chi connectivity index (χ1n) is 12.7. The van der Waals surface area contributed by atoms with Crippen LogP contribution in [0.2, 0.25) is 0 Å². The van der Waals surface area contributed by atoms with Gasteiger partial charge in [0.1, 0.15) is 5.82 Å². The summed E-state index contributed by atoms with van der Waals surface area (Å²) >= 11 is 0. The van der Waals surface area contributed by atoms with Gasteiger partial charge in [0.05, 0.1) is 11.0 Å². The van der Waals surface area contributed by atoms with E-state index in [0.29, 0.717) is 6.54 Å². The number of amides is 1. The maximum Gasteiger partial charge on any atom is 0.251 e. The molecule has 0 bridgehead atoms. The number of carbonyl (C=O) groups excluding carboxylic acids is 1. The number of aryl methyl sites for hydroxylation is 4. The van der Waals surface area contributed by atoms with Crippen LogP contribution < -0.4 is 5.32 Å². The molecule has 0 fully saturated rings. The van der Waals surface area contributed by atoms with Crippen molar-refractivity contribution in [3.63, 3.8) is 0 Å². The number of hydrogen-bond donors (Lipinski definition) is 1. The lowest BCUT2D eigenvalue weighted by molar-refractivity contribution is 0.0953. The van der Waals surface area contributed by atoms with Gasteiger partial charge in [-0.25, -0.2) is 4.98 Å². The molecule has 0 aliphatic carbocycles. The lowest BCUT2D eigenvalue weighted by Crippen LogP contribution is -2.24. The van der Waals surface area contributed by atoms with Gasteiger partial charge < -0.3 is 9.88 Å². The van der Waals surface area contributed by atoms with Crippen molar-refractivity contribution in [2.75, 3.05) is 6.54 Å². The fourth-order valence-electron chi connectivity index (χ4n) is 4.78. The Hall–Kier alpha value is -3.40. The van der Waals surface area contributed by atoms with E-state index in [1.807, 2.05) is 31.2 Å². The van der Waals surface area contributed by atoms with E-state index in [0.717, 1.165) is 54.7 Å². The molecule has 0 radical (unpaired) electrons. The highest BCUT2D eigenvalue weighted by Gasteiger charge is 2.15. The first kappa shape index (κ1) is 24.7. The largest absolute Gasteiger partial charge is 0.352 e. The summed E-state index contributed by atoms with van der Waals surface area (Å²) < 4.78 is 2.41. The fraction of sp³-hybridized carbons (Fsp3) is 0.355. The van der Waals surface area contributed by atoms with E-state index in [2.05, 4.69) is 67.9 Å². The number of imidazole rings is 1. The summed E-state index contributed by atoms with van der Waals surface area (Å²) in [6, 6.07) is 18.5. The number of unbranched alkanes of at least 4 members (excludes halogenated alkanes) is 2. The van der Waals surface area contributed by atoms with E-state index in [4.69, 9.17) is 4.98 Å². The van der Waals surface area contributed by atoms with Crippen LogP contribution in [-0.4, -0.2) is 22.0 Å². The molecule has 4 heteroatoms. The van der Waals surface area contributed by atoms with Crippen LogP contribution in [0.1, 0.15) is 68.8 Å². The lowest BCUT2D eigenvalue weighted by atomic mass is 9.94. The quantitative estimate of drug-likeness (QED) is 0.276. The Morgan fingerprint density at radius 3 is 2.26 bits per heavy atom. The van der Waals surface area contributed by atoms with Crippen molar-refractivity contribution in [3.05, 3.63) is 99.4 Å². The van der Waals surface area contributed by atoms with E-state index < -0.39 is 0 Å². The molecule has 1 aromatic heterocycles. The molecule has 0 spiro atoms. The molecule has 182 valence electrons. The highest BCUT2D eigenvalue weighted by Crippen LogP contribution is 2.26. The number of para-hydroxylation sites is 2. The Morgan fingerprint density at radius 1 is 0.857 bits per heavy atom. The minimum absolute atomic E-state index is 0.00554. The zero-order chi connectivity index (χ0) is 24.9. The van der Waals surface area contributed by atoms with Gasteiger partial charge in [-0.1, -0.05) is 42.3 Å². The fourth-order valence-corrected chi connectivity index (χ4v) is 4.78. The van der Waals surface area contributed by atoms with E-state index in [-0.39, 0.29) is 5.91 Å². The third-order valence-corrected chi connectivity index (χ3v) is 7.25. The number of aromatic nitrogens is 2. The number of benzene rings is 3. The predicted molar refractivity (Wildman–Crippen MR) is 145 cm³/mol. The van der Waals surface area contributed by atoms with Gasteiger partial charge in [0, 0.05) is 25.1 Å². The third kappa shape index (κ3) is 5.64. The zero-order valence-corrected chi connectivity index (χ0v) is 21.7. The maximum absolute atomic E-state index is 12.3. The van der Waals surface area contributed by atoms with Crippen LogP contribution in [0.4, 0.5) is 0 Å². The van der Waals surface area contributed by atoms with Gasteiger partial charge in [0.15, 0.2) is 0 Å². The molecule has 4 rings (SSSR count). The minimum atomic E-state index is 0.00554. The predicted octanol–water partition coefficient (Wildman–Crippen LogP) is 6.77. The molecule has 0 aliphatic heterocycles. The Balaban J connectivity index is 1.40. The van der Waals surface area contributed by atoms with Crippen molar-refractivity contribution in [2.24, 2.45) is 0 Å². The number of nitrogens with zero attached hydrogens (tertiary/aromatic N) is 2. The molecule has 0 saturated heterocycles. The molecule has 1 heterocycles. The van der Waals surface area contributed by atoms with Crippen molar-refractivity contribution < 1.29 is 4.79 Å². The van der Waals surface area contributed by atoms with E-state index in [9.17, 15) is 4.79 Å². The zero-order valence-electron chi connectivity index (χ0n) is 21.7. The molecule has 1 amide bonds. The van der Waals surface area contributed by atoms with Crippen LogP contribution >= 0.6 is 0 Å². The molecular formula is C31H37N3O. The van der Waals surface area contributed by atoms with E-state index in [1.165, 1.54) is 33.3 Å². The number of rotatable bonds is 9. The molecule has 0 atom stereocenters. The van der Waals surface area contributed by atoms with Gasteiger partial charge in [-0.2, -0.15) is 0 Å². The molecule has 0 aliphatic rings. The highest BCUT2D eigenvalue weighted by atomic mass is 16.1. The van der Waals surface area contributed by atoms with Gasteiger partial charge in [0.25, 0.3) is 5.91 Å². The van der Waals surface area contributed by atoms with Gasteiger partial charge in [-0.05, 0) is 99.5 Å². The van der Waals surface area contributed by atoms with Crippen molar-refractivity contribution in [3.8, 4) is 0 Å². The summed E-state index contributed by atoms with van der Waals surface area (Å²) in [6.07, 6.45) is 4.00. The topological polar surface area (TPSA) is 46.9 Å². The smallest absolute Gasteiger partial charge is 0.251 e. The summed E-state index contributed by atoms with van der Waals surface area (Å²) in [4.78, 5) is 17.3. The summed E-state index contributed by atoms with van der Waals surface area (Å²) in [6.45, 7) is 12.5. The van der Waals surface area contributed by atoms with E-state index >= 15 is 0 Å². The van der Waals surface area contributed by atoms with Crippen LogP contribution in [0, 0.1) is 34.6 Å². The lowest BCUT2D eigenvalue weighted by Gasteiger charge is -2.18. The summed E-state index contributed by atoms with van der Waals surface area (Å²) in [5.74, 6) is 1.15. The highest BCUT2D eigenvalue weighted by molar-refractivity contribution is 5.94. The molecule has 4 nitrogen and oxygen atoms in total. The average molecular weight is 468 g/mol. The molecule has 35 heavy (non-hydrogen) atoms. The van der Waals surface area contributed by atoms with Gasteiger partial charge in [-0.15, -0.1) is 0 Å². The molecule has 1 N–H and O–H groups in total. The normalized spacial score (nSPS) is 11.2. The first-order chi connectivity index (χ1) is 16.8. The van der Waals surface area contributed by atoms with Crippen LogP contribution in [0.15, 0.2) is 54.6 Å². The Labute approximate surface area is 209 Å². The standard InChI is InChI=1S/C31H37N3O/c1-21-14-16-26(17-15-21)31(35)32-18-10-6-7-13-30-33-28-11-8-9-12-29(28)34(30)20-27-24(4)22(2)19-23(3)25(27)5/h8-9,11-12,14-17,19H,6-7,10,13,18,20H2,1-5H3,(H,32,35). The van der Waals surface area contributed by atoms with Crippen LogP contribution in [0.3, 0.4) is 0 Å². The monoisotopic (exact) mass is 467 g/mol. The van der Waals surface area contributed by atoms with Crippen molar-refractivity contribution in [1.82, 2.24) is 14.9 Å². The number of carbonyl (C=O) groups is 1. The number of fused-ring (bicyclic) bond motifs is 1. The van der Waals surface area contributed by atoms with Crippen LogP contribution in [0.5, 0.6) is 0 Å². The van der Waals surface area contributed by atoms with Gasteiger partial charge in [0.2, 0.25) is 0 Å². The van der Waals surface area contributed by atoms with Crippen molar-refractivity contribution in [2.45, 2.75) is 66.8 Å². The second kappa shape index (κ2) is 10.9. The van der Waals surface area contributed by atoms with Crippen molar-refractivity contribution in [1.29, 1.82) is 0 Å². The molecular weight excluding hydrogens is 430 g/mol. The van der Waals surface area contributed by atoms with Crippen molar-refractivity contribution >= 4 is 16.9 Å².